The van der Waals surface area contributed by atoms with Gasteiger partial charge in [-0.2, -0.15) is 0 Å². The number of nitrogens with zero attached hydrogens (tertiary/aromatic N) is 1. The first kappa shape index (κ1) is 15.9. The lowest BCUT2D eigenvalue weighted by molar-refractivity contribution is 0.582. The summed E-state index contributed by atoms with van der Waals surface area (Å²) < 4.78 is 42.2. The van der Waals surface area contributed by atoms with Gasteiger partial charge in [-0.15, -0.1) is 0 Å². The quantitative estimate of drug-likeness (QED) is 0.834. The predicted octanol–water partition coefficient (Wildman–Crippen LogP) is 4.14. The molecule has 0 radical (unpaired) electrons. The van der Waals surface area contributed by atoms with Crippen molar-refractivity contribution >= 4 is 17.5 Å². The van der Waals surface area contributed by atoms with Crippen molar-refractivity contribution in [2.24, 2.45) is 0 Å². The van der Waals surface area contributed by atoms with E-state index >= 15 is 0 Å². The smallest absolute Gasteiger partial charge is 0.173 e. The zero-order chi connectivity index (χ0) is 16.3. The molecule has 0 bridgehead atoms. The van der Waals surface area contributed by atoms with Gasteiger partial charge < -0.3 is 11.5 Å². The second-order valence-electron chi connectivity index (χ2n) is 4.81. The number of aromatic nitrogens is 1. The van der Waals surface area contributed by atoms with Gasteiger partial charge in [0.05, 0.1) is 16.9 Å². The third-order valence-corrected chi connectivity index (χ3v) is 3.20. The summed E-state index contributed by atoms with van der Waals surface area (Å²) in [5.74, 6) is -2.98. The Kier molecular flexibility index (Phi) is 4.70. The Bertz CT molecular complexity index is 727. The lowest BCUT2D eigenvalue weighted by Crippen LogP contribution is -2.04. The van der Waals surface area contributed by atoms with Crippen molar-refractivity contribution in [1.29, 1.82) is 0 Å². The van der Waals surface area contributed by atoms with Crippen LogP contribution >= 0.6 is 0 Å². The van der Waals surface area contributed by atoms with Crippen LogP contribution in [0.1, 0.15) is 25.3 Å². The van der Waals surface area contributed by atoms with Crippen LogP contribution in [0.2, 0.25) is 0 Å². The van der Waals surface area contributed by atoms with Gasteiger partial charge in [0.1, 0.15) is 11.5 Å². The summed E-state index contributed by atoms with van der Waals surface area (Å²) in [5.41, 5.74) is 9.84. The summed E-state index contributed by atoms with van der Waals surface area (Å²) in [7, 11) is 0. The molecule has 2 rings (SSSR count). The highest BCUT2D eigenvalue weighted by Gasteiger charge is 2.21. The summed E-state index contributed by atoms with van der Waals surface area (Å²) in [5, 5.41) is 0. The van der Waals surface area contributed by atoms with Crippen LogP contribution in [0.15, 0.2) is 24.4 Å². The van der Waals surface area contributed by atoms with E-state index in [1.165, 1.54) is 6.20 Å². The van der Waals surface area contributed by atoms with Crippen LogP contribution < -0.4 is 11.5 Å². The molecule has 1 aromatic carbocycles. The molecule has 3 nitrogen and oxygen atoms in total. The van der Waals surface area contributed by atoms with Gasteiger partial charge in [0.25, 0.3) is 0 Å². The number of hydrogen-bond donors (Lipinski definition) is 2. The first-order valence-electron chi connectivity index (χ1n) is 6.81. The van der Waals surface area contributed by atoms with Crippen molar-refractivity contribution < 1.29 is 13.2 Å². The maximum Gasteiger partial charge on any atom is 0.173 e. The van der Waals surface area contributed by atoms with Crippen LogP contribution in [0.5, 0.6) is 0 Å². The lowest BCUT2D eigenvalue weighted by Gasteiger charge is -2.10. The highest BCUT2D eigenvalue weighted by Crippen LogP contribution is 2.32. The average Bonchev–Trinajstić information content (AvgIpc) is 2.50. The number of hydrogen-bond acceptors (Lipinski definition) is 3. The monoisotopic (exact) mass is 307 g/mol. The standard InChI is InChI=1S/C16H16F3N3/c1-2-3-4-5-9-8-22-16(14(19)15(9)21)12-10(17)6-7-11(20)13(12)18/h4-8H,2-3,20H2,1H3,(H2,21,22)/b5-4-. The topological polar surface area (TPSA) is 64.9 Å². The summed E-state index contributed by atoms with van der Waals surface area (Å²) in [4.78, 5) is 3.81. The molecule has 2 aromatic rings. The number of pyridine rings is 1. The number of unbranched alkanes of at least 4 members (excludes halogenated alkanes) is 1. The summed E-state index contributed by atoms with van der Waals surface area (Å²) >= 11 is 0. The first-order chi connectivity index (χ1) is 10.5. The molecule has 0 aliphatic rings. The first-order valence-corrected chi connectivity index (χ1v) is 6.81. The fourth-order valence-corrected chi connectivity index (χ4v) is 1.98. The van der Waals surface area contributed by atoms with Crippen molar-refractivity contribution in [2.45, 2.75) is 19.8 Å². The third-order valence-electron chi connectivity index (χ3n) is 3.20. The van der Waals surface area contributed by atoms with Gasteiger partial charge in [0.15, 0.2) is 11.6 Å². The summed E-state index contributed by atoms with van der Waals surface area (Å²) in [6.45, 7) is 2.00. The minimum atomic E-state index is -1.06. The average molecular weight is 307 g/mol. The van der Waals surface area contributed by atoms with E-state index in [0.29, 0.717) is 5.56 Å². The van der Waals surface area contributed by atoms with Gasteiger partial charge in [-0.3, -0.25) is 4.98 Å². The van der Waals surface area contributed by atoms with Crippen molar-refractivity contribution in [1.82, 2.24) is 4.98 Å². The molecule has 6 heteroatoms. The summed E-state index contributed by atoms with van der Waals surface area (Å²) in [6, 6.07) is 2.03. The fourth-order valence-electron chi connectivity index (χ4n) is 1.98. The van der Waals surface area contributed by atoms with Gasteiger partial charge in [0, 0.05) is 11.8 Å². The molecular weight excluding hydrogens is 291 g/mol. The molecule has 0 saturated heterocycles. The van der Waals surface area contributed by atoms with E-state index in [0.717, 1.165) is 25.0 Å². The molecule has 4 N–H and O–H groups in total. The minimum absolute atomic E-state index is 0.210. The van der Waals surface area contributed by atoms with Crippen LogP contribution in [0.3, 0.4) is 0 Å². The normalized spacial score (nSPS) is 11.3. The van der Waals surface area contributed by atoms with Crippen molar-refractivity contribution in [3.63, 3.8) is 0 Å². The van der Waals surface area contributed by atoms with Crippen LogP contribution in [-0.2, 0) is 0 Å². The minimum Gasteiger partial charge on any atom is -0.396 e. The number of nitrogens with two attached hydrogens (primary N) is 2. The number of allylic oxidation sites excluding steroid dienone is 1. The molecule has 0 atom stereocenters. The highest BCUT2D eigenvalue weighted by atomic mass is 19.1. The molecule has 116 valence electrons. The van der Waals surface area contributed by atoms with E-state index in [4.69, 9.17) is 11.5 Å². The van der Waals surface area contributed by atoms with Crippen molar-refractivity contribution in [3.05, 3.63) is 47.4 Å². The number of benzene rings is 1. The van der Waals surface area contributed by atoms with E-state index in [2.05, 4.69) is 4.98 Å². The van der Waals surface area contributed by atoms with E-state index < -0.39 is 28.7 Å². The Morgan fingerprint density at radius 2 is 1.86 bits per heavy atom. The molecule has 22 heavy (non-hydrogen) atoms. The molecule has 0 unspecified atom stereocenters. The fraction of sp³-hybridized carbons (Fsp3) is 0.188. The Morgan fingerprint density at radius 1 is 1.14 bits per heavy atom. The highest BCUT2D eigenvalue weighted by molar-refractivity contribution is 5.74. The van der Waals surface area contributed by atoms with Crippen LogP contribution in [0.4, 0.5) is 24.5 Å². The Hall–Kier alpha value is -2.50. The molecule has 1 aromatic heterocycles. The Balaban J connectivity index is 2.56. The Morgan fingerprint density at radius 3 is 2.55 bits per heavy atom. The van der Waals surface area contributed by atoms with Crippen molar-refractivity contribution in [2.75, 3.05) is 11.5 Å². The maximum absolute atomic E-state index is 14.4. The van der Waals surface area contributed by atoms with Crippen LogP contribution in [-0.4, -0.2) is 4.98 Å². The molecule has 0 aliphatic heterocycles. The number of anilines is 2. The van der Waals surface area contributed by atoms with E-state index in [9.17, 15) is 13.2 Å². The molecule has 0 fully saturated rings. The summed E-state index contributed by atoms with van der Waals surface area (Å²) in [6.07, 6.45) is 6.48. The molecule has 0 amide bonds. The van der Waals surface area contributed by atoms with Crippen molar-refractivity contribution in [3.8, 4) is 11.3 Å². The molecule has 0 aliphatic carbocycles. The molecule has 0 saturated carbocycles. The van der Waals surface area contributed by atoms with Gasteiger partial charge in [-0.05, 0) is 18.6 Å². The van der Waals surface area contributed by atoms with Crippen LogP contribution in [0, 0.1) is 17.5 Å². The van der Waals surface area contributed by atoms with Gasteiger partial charge in [-0.25, -0.2) is 13.2 Å². The number of halogens is 3. The second kappa shape index (κ2) is 6.51. The van der Waals surface area contributed by atoms with E-state index in [1.807, 2.05) is 13.0 Å². The molecule has 0 spiro atoms. The SMILES string of the molecule is CCC/C=C\c1cnc(-c2c(F)ccc(N)c2F)c(F)c1N. The number of rotatable bonds is 4. The predicted molar refractivity (Wildman–Crippen MR) is 82.3 cm³/mol. The van der Waals surface area contributed by atoms with Gasteiger partial charge >= 0.3 is 0 Å². The van der Waals surface area contributed by atoms with Gasteiger partial charge in [0.2, 0.25) is 0 Å². The zero-order valence-corrected chi connectivity index (χ0v) is 12.0. The largest absolute Gasteiger partial charge is 0.396 e. The maximum atomic E-state index is 14.4. The van der Waals surface area contributed by atoms with Gasteiger partial charge in [-0.1, -0.05) is 25.5 Å². The lowest BCUT2D eigenvalue weighted by atomic mass is 10.1. The zero-order valence-electron chi connectivity index (χ0n) is 12.0. The Labute approximate surface area is 126 Å². The van der Waals surface area contributed by atoms with Crippen LogP contribution in [0.25, 0.3) is 17.3 Å². The second-order valence-corrected chi connectivity index (χ2v) is 4.81. The molecular formula is C16H16F3N3. The number of nitrogen functional groups attached to an aromatic ring is 2. The van der Waals surface area contributed by atoms with E-state index in [1.54, 1.807) is 6.08 Å². The third kappa shape index (κ3) is 2.90. The molecule has 1 heterocycles. The van der Waals surface area contributed by atoms with E-state index in [-0.39, 0.29) is 11.4 Å².